The van der Waals surface area contributed by atoms with Crippen LogP contribution in [0, 0.1) is 3.57 Å². The van der Waals surface area contributed by atoms with Crippen LogP contribution in [0.5, 0.6) is 5.75 Å². The predicted octanol–water partition coefficient (Wildman–Crippen LogP) is 4.28. The van der Waals surface area contributed by atoms with Crippen LogP contribution in [0.25, 0.3) is 0 Å². The standard InChI is InChI=1S/C19H16ClIN2O4/c1-11(24)23-19(3,13-4-6-14(20)7-5-13)27-18(22-23)16-10-15(21)8-9-17(16)26-12(2)25/h4-10H,1-3H3/t19-/m0/s1. The smallest absolute Gasteiger partial charge is 0.308 e. The Kier molecular flexibility index (Phi) is 5.43. The average molecular weight is 499 g/mol. The Morgan fingerprint density at radius 1 is 1.19 bits per heavy atom. The van der Waals surface area contributed by atoms with Crippen molar-refractivity contribution in [3.63, 3.8) is 0 Å². The zero-order chi connectivity index (χ0) is 19.8. The van der Waals surface area contributed by atoms with Gasteiger partial charge < -0.3 is 9.47 Å². The van der Waals surface area contributed by atoms with Gasteiger partial charge in [-0.15, -0.1) is 5.10 Å². The molecule has 0 aromatic heterocycles. The molecular formula is C19H16ClIN2O4. The van der Waals surface area contributed by atoms with Crippen molar-refractivity contribution in [3.8, 4) is 5.75 Å². The minimum Gasteiger partial charge on any atom is -0.443 e. The van der Waals surface area contributed by atoms with Crippen LogP contribution in [0.4, 0.5) is 0 Å². The molecule has 1 aliphatic heterocycles. The van der Waals surface area contributed by atoms with Crippen molar-refractivity contribution < 1.29 is 19.1 Å². The Labute approximate surface area is 175 Å². The fraction of sp³-hybridized carbons (Fsp3) is 0.211. The number of nitrogens with zero attached hydrogens (tertiary/aromatic N) is 2. The quantitative estimate of drug-likeness (QED) is 0.360. The first-order chi connectivity index (χ1) is 12.7. The molecule has 0 spiro atoms. The Hall–Kier alpha value is -2.13. The lowest BCUT2D eigenvalue weighted by Crippen LogP contribution is -2.41. The molecule has 0 aliphatic carbocycles. The maximum absolute atomic E-state index is 12.2. The highest BCUT2D eigenvalue weighted by atomic mass is 127. The van der Waals surface area contributed by atoms with Gasteiger partial charge in [-0.05, 0) is 52.9 Å². The van der Waals surface area contributed by atoms with E-state index in [-0.39, 0.29) is 11.8 Å². The second-order valence-electron chi connectivity index (χ2n) is 6.06. The van der Waals surface area contributed by atoms with Crippen molar-refractivity contribution >= 4 is 52.0 Å². The van der Waals surface area contributed by atoms with E-state index in [0.717, 1.165) is 3.57 Å². The monoisotopic (exact) mass is 498 g/mol. The van der Waals surface area contributed by atoms with Gasteiger partial charge in [-0.2, -0.15) is 5.01 Å². The summed E-state index contributed by atoms with van der Waals surface area (Å²) in [6, 6.07) is 12.2. The van der Waals surface area contributed by atoms with Gasteiger partial charge >= 0.3 is 5.97 Å². The first-order valence-electron chi connectivity index (χ1n) is 8.03. The molecule has 27 heavy (non-hydrogen) atoms. The predicted molar refractivity (Wildman–Crippen MR) is 109 cm³/mol. The zero-order valence-corrected chi connectivity index (χ0v) is 17.7. The van der Waals surface area contributed by atoms with Crippen molar-refractivity contribution in [2.24, 2.45) is 5.10 Å². The summed E-state index contributed by atoms with van der Waals surface area (Å²) >= 11 is 8.11. The number of hydrogen-bond donors (Lipinski definition) is 0. The number of hydrogen-bond acceptors (Lipinski definition) is 5. The minimum absolute atomic E-state index is 0.192. The lowest BCUT2D eigenvalue weighted by molar-refractivity contribution is -0.146. The van der Waals surface area contributed by atoms with Crippen LogP contribution in [0.3, 0.4) is 0 Å². The summed E-state index contributed by atoms with van der Waals surface area (Å²) < 4.78 is 12.3. The Bertz CT molecular complexity index is 945. The van der Waals surface area contributed by atoms with Crippen molar-refractivity contribution in [1.82, 2.24) is 5.01 Å². The van der Waals surface area contributed by atoms with E-state index < -0.39 is 11.7 Å². The molecule has 0 radical (unpaired) electrons. The van der Waals surface area contributed by atoms with Crippen LogP contribution in [-0.4, -0.2) is 22.8 Å². The molecular weight excluding hydrogens is 483 g/mol. The van der Waals surface area contributed by atoms with Gasteiger partial charge in [-0.1, -0.05) is 23.7 Å². The highest BCUT2D eigenvalue weighted by Crippen LogP contribution is 2.38. The lowest BCUT2D eigenvalue weighted by Gasteiger charge is -2.31. The van der Waals surface area contributed by atoms with E-state index in [1.54, 1.807) is 49.4 Å². The van der Waals surface area contributed by atoms with E-state index in [1.165, 1.54) is 18.9 Å². The van der Waals surface area contributed by atoms with E-state index in [4.69, 9.17) is 21.1 Å². The number of esters is 1. The summed E-state index contributed by atoms with van der Waals surface area (Å²) in [6.45, 7) is 4.47. The fourth-order valence-corrected chi connectivity index (χ4v) is 3.39. The van der Waals surface area contributed by atoms with Crippen LogP contribution in [0.15, 0.2) is 47.6 Å². The average Bonchev–Trinajstić information content (AvgIpc) is 2.95. The van der Waals surface area contributed by atoms with Crippen molar-refractivity contribution in [3.05, 3.63) is 62.2 Å². The molecule has 0 unspecified atom stereocenters. The van der Waals surface area contributed by atoms with E-state index in [0.29, 0.717) is 21.9 Å². The van der Waals surface area contributed by atoms with Gasteiger partial charge in [0.2, 0.25) is 17.5 Å². The SMILES string of the molecule is CC(=O)Oc1ccc(I)cc1C1=NN(C(C)=O)[C@](C)(c2ccc(Cl)cc2)O1. The molecule has 0 N–H and O–H groups in total. The van der Waals surface area contributed by atoms with E-state index >= 15 is 0 Å². The number of amides is 1. The number of rotatable bonds is 3. The minimum atomic E-state index is -1.15. The molecule has 1 aliphatic rings. The van der Waals surface area contributed by atoms with Crippen molar-refractivity contribution in [2.75, 3.05) is 0 Å². The number of carbonyl (C=O) groups is 2. The molecule has 2 aromatic rings. The highest BCUT2D eigenvalue weighted by Gasteiger charge is 2.45. The van der Waals surface area contributed by atoms with Crippen LogP contribution >= 0.6 is 34.2 Å². The summed E-state index contributed by atoms with van der Waals surface area (Å²) in [4.78, 5) is 23.7. The van der Waals surface area contributed by atoms with E-state index in [2.05, 4.69) is 27.7 Å². The summed E-state index contributed by atoms with van der Waals surface area (Å²) in [6.07, 6.45) is 0. The number of halogens is 2. The normalized spacial score (nSPS) is 18.7. The first-order valence-corrected chi connectivity index (χ1v) is 9.49. The largest absolute Gasteiger partial charge is 0.443 e. The third-order valence-corrected chi connectivity index (χ3v) is 4.92. The zero-order valence-electron chi connectivity index (χ0n) is 14.8. The number of hydrazone groups is 1. The van der Waals surface area contributed by atoms with Gasteiger partial charge in [0.05, 0.1) is 5.56 Å². The maximum Gasteiger partial charge on any atom is 0.308 e. The third-order valence-electron chi connectivity index (χ3n) is 3.99. The topological polar surface area (TPSA) is 68.2 Å². The Balaban J connectivity index is 2.07. The van der Waals surface area contributed by atoms with Crippen LogP contribution in [0.2, 0.25) is 5.02 Å². The molecule has 0 saturated heterocycles. The molecule has 1 amide bonds. The molecule has 8 heteroatoms. The summed E-state index contributed by atoms with van der Waals surface area (Å²) in [5.41, 5.74) is 0.0436. The number of carbonyl (C=O) groups excluding carboxylic acids is 2. The van der Waals surface area contributed by atoms with Gasteiger partial charge in [-0.3, -0.25) is 9.59 Å². The molecule has 0 bridgehead atoms. The van der Waals surface area contributed by atoms with Gasteiger partial charge in [0, 0.05) is 34.9 Å². The second-order valence-corrected chi connectivity index (χ2v) is 7.74. The van der Waals surface area contributed by atoms with Crippen LogP contribution in [0.1, 0.15) is 31.9 Å². The molecule has 1 atom stereocenters. The summed E-state index contributed by atoms with van der Waals surface area (Å²) in [7, 11) is 0. The fourth-order valence-electron chi connectivity index (χ4n) is 2.77. The van der Waals surface area contributed by atoms with Crippen molar-refractivity contribution in [2.45, 2.75) is 26.5 Å². The van der Waals surface area contributed by atoms with Crippen molar-refractivity contribution in [1.29, 1.82) is 0 Å². The van der Waals surface area contributed by atoms with Gasteiger partial charge in [-0.25, -0.2) is 0 Å². The molecule has 3 rings (SSSR count). The van der Waals surface area contributed by atoms with E-state index in [9.17, 15) is 9.59 Å². The Morgan fingerprint density at radius 3 is 2.44 bits per heavy atom. The molecule has 0 saturated carbocycles. The maximum atomic E-state index is 12.2. The first kappa shape index (κ1) is 19.6. The van der Waals surface area contributed by atoms with Crippen LogP contribution in [-0.2, 0) is 20.1 Å². The van der Waals surface area contributed by atoms with Gasteiger partial charge in [0.25, 0.3) is 0 Å². The summed E-state index contributed by atoms with van der Waals surface area (Å²) in [5, 5.41) is 6.21. The molecule has 0 fully saturated rings. The molecule has 1 heterocycles. The lowest BCUT2D eigenvalue weighted by atomic mass is 10.0. The molecule has 140 valence electrons. The molecule has 6 nitrogen and oxygen atoms in total. The summed E-state index contributed by atoms with van der Waals surface area (Å²) in [5.74, 6) is -0.245. The molecule has 2 aromatic carbocycles. The second kappa shape index (κ2) is 7.47. The third kappa shape index (κ3) is 3.93. The Morgan fingerprint density at radius 2 is 1.85 bits per heavy atom. The number of ether oxygens (including phenoxy) is 2. The highest BCUT2D eigenvalue weighted by molar-refractivity contribution is 14.1. The van der Waals surface area contributed by atoms with Crippen LogP contribution < -0.4 is 4.74 Å². The number of benzene rings is 2. The van der Waals surface area contributed by atoms with E-state index in [1.807, 2.05) is 0 Å². The van der Waals surface area contributed by atoms with Gasteiger partial charge in [0.1, 0.15) is 5.75 Å². The van der Waals surface area contributed by atoms with Gasteiger partial charge in [0.15, 0.2) is 0 Å².